The lowest BCUT2D eigenvalue weighted by molar-refractivity contribution is 0.0883. The minimum Gasteiger partial charge on any atom is -0.392 e. The molecule has 6 nitrogen and oxygen atoms in total. The van der Waals surface area contributed by atoms with Crippen LogP contribution in [-0.2, 0) is 9.09 Å². The number of aliphatic hydroxyl groups excluding tert-OH is 1. The maximum Gasteiger partial charge on any atom is 0.469 e. The molecule has 0 aromatic rings. The van der Waals surface area contributed by atoms with E-state index in [9.17, 15) is 9.67 Å². The zero-order valence-corrected chi connectivity index (χ0v) is 22.8. The lowest BCUT2D eigenvalue weighted by atomic mass is 10.1. The molecule has 0 aliphatic heterocycles. The van der Waals surface area contributed by atoms with Crippen molar-refractivity contribution in [2.75, 3.05) is 26.2 Å². The molecular weight excluding hydrogens is 437 g/mol. The Kier molecular flexibility index (Phi) is 23.8. The highest BCUT2D eigenvalue weighted by molar-refractivity contribution is 7.46. The quantitative estimate of drug-likeness (QED) is 0.0871. The highest BCUT2D eigenvalue weighted by Gasteiger charge is 2.16. The summed E-state index contributed by atoms with van der Waals surface area (Å²) in [6, 6.07) is 0. The molecule has 0 fully saturated rings. The normalized spacial score (nSPS) is 13.2. The second-order valence-corrected chi connectivity index (χ2v) is 11.0. The van der Waals surface area contributed by atoms with Crippen LogP contribution in [0.5, 0.6) is 0 Å². The van der Waals surface area contributed by atoms with E-state index in [1.54, 1.807) is 0 Å². The molecule has 0 saturated heterocycles. The summed E-state index contributed by atoms with van der Waals surface area (Å²) in [6.07, 6.45) is 23.2. The molecule has 0 amide bonds. The molecule has 0 bridgehead atoms. The third-order valence-electron chi connectivity index (χ3n) is 6.35. The monoisotopic (exact) mass is 493 g/mol. The molecule has 1 unspecified atom stereocenters. The molecule has 0 heterocycles. The van der Waals surface area contributed by atoms with Crippen LogP contribution in [0.1, 0.15) is 136 Å². The van der Waals surface area contributed by atoms with Crippen molar-refractivity contribution < 1.29 is 24.0 Å². The number of unbranched alkanes of at least 4 members (excludes halogenated alkanes) is 16. The van der Waals surface area contributed by atoms with Gasteiger partial charge in [0.1, 0.15) is 0 Å². The Morgan fingerprint density at radius 2 is 1.09 bits per heavy atom. The Morgan fingerprint density at radius 1 is 0.667 bits per heavy atom. The van der Waals surface area contributed by atoms with Crippen LogP contribution in [0.15, 0.2) is 0 Å². The molecule has 0 radical (unpaired) electrons. The first kappa shape index (κ1) is 33.0. The van der Waals surface area contributed by atoms with Gasteiger partial charge in [-0.2, -0.15) is 0 Å². The van der Waals surface area contributed by atoms with Crippen molar-refractivity contribution in [2.45, 2.75) is 142 Å². The summed E-state index contributed by atoms with van der Waals surface area (Å²) in [5.74, 6) is 0. The number of nitrogens with zero attached hydrogens (tertiary/aromatic N) is 1. The van der Waals surface area contributed by atoms with Crippen LogP contribution in [0.25, 0.3) is 0 Å². The van der Waals surface area contributed by atoms with Crippen LogP contribution in [0, 0.1) is 0 Å². The molecule has 0 aromatic heterocycles. The second-order valence-electron chi connectivity index (χ2n) is 9.72. The summed E-state index contributed by atoms with van der Waals surface area (Å²) >= 11 is 0. The first-order chi connectivity index (χ1) is 15.9. The number of rotatable bonds is 26. The van der Waals surface area contributed by atoms with Gasteiger partial charge < -0.3 is 14.9 Å². The topological polar surface area (TPSA) is 90.2 Å². The van der Waals surface area contributed by atoms with Crippen LogP contribution < -0.4 is 0 Å². The summed E-state index contributed by atoms with van der Waals surface area (Å²) < 4.78 is 15.6. The smallest absolute Gasteiger partial charge is 0.392 e. The minimum absolute atomic E-state index is 0.00742. The molecule has 33 heavy (non-hydrogen) atoms. The van der Waals surface area contributed by atoms with Gasteiger partial charge in [-0.25, -0.2) is 4.57 Å². The van der Waals surface area contributed by atoms with Gasteiger partial charge in [-0.05, 0) is 19.4 Å². The van der Waals surface area contributed by atoms with Crippen molar-refractivity contribution in [2.24, 2.45) is 0 Å². The average Bonchev–Trinajstić information content (AvgIpc) is 2.75. The molecule has 0 aliphatic carbocycles. The van der Waals surface area contributed by atoms with Crippen molar-refractivity contribution in [1.29, 1.82) is 0 Å². The van der Waals surface area contributed by atoms with E-state index < -0.39 is 7.82 Å². The lowest BCUT2D eigenvalue weighted by Crippen LogP contribution is -2.35. The number of hydrogen-bond donors (Lipinski definition) is 3. The van der Waals surface area contributed by atoms with E-state index in [4.69, 9.17) is 9.79 Å². The second kappa shape index (κ2) is 23.8. The van der Waals surface area contributed by atoms with E-state index in [1.165, 1.54) is 103 Å². The Morgan fingerprint density at radius 3 is 1.55 bits per heavy atom. The van der Waals surface area contributed by atoms with Gasteiger partial charge in [0, 0.05) is 13.1 Å². The predicted octanol–water partition coefficient (Wildman–Crippen LogP) is 7.21. The first-order valence-electron chi connectivity index (χ1n) is 14.0. The van der Waals surface area contributed by atoms with Crippen LogP contribution in [0.4, 0.5) is 0 Å². The van der Waals surface area contributed by atoms with Crippen LogP contribution >= 0.6 is 7.82 Å². The van der Waals surface area contributed by atoms with Crippen molar-refractivity contribution in [3.63, 3.8) is 0 Å². The highest BCUT2D eigenvalue weighted by Crippen LogP contribution is 2.35. The van der Waals surface area contributed by atoms with Crippen LogP contribution in [0.2, 0.25) is 0 Å². The molecule has 0 saturated carbocycles. The molecule has 0 spiro atoms. The molecule has 1 atom stereocenters. The number of aliphatic hydroxyl groups is 1. The molecule has 0 aliphatic rings. The highest BCUT2D eigenvalue weighted by atomic mass is 31.2. The summed E-state index contributed by atoms with van der Waals surface area (Å²) in [7, 11) is -4.44. The largest absolute Gasteiger partial charge is 0.469 e. The standard InChI is InChI=1S/C26H56NO5P/c1-3-5-7-9-11-13-14-16-18-20-22-27(23-24-32-33(29,30)31)25-26(28)21-19-17-15-12-10-8-6-4-2/h26,28H,3-25H2,1-2H3,(H2,29,30,31). The Hall–Kier alpha value is 0.0300. The van der Waals surface area contributed by atoms with Crippen LogP contribution in [0.3, 0.4) is 0 Å². The summed E-state index contributed by atoms with van der Waals surface area (Å²) in [5.41, 5.74) is 0. The van der Waals surface area contributed by atoms with E-state index in [1.807, 2.05) is 0 Å². The zero-order valence-electron chi connectivity index (χ0n) is 21.9. The van der Waals surface area contributed by atoms with Gasteiger partial charge in [0.2, 0.25) is 0 Å². The van der Waals surface area contributed by atoms with E-state index in [0.717, 1.165) is 25.8 Å². The van der Waals surface area contributed by atoms with Gasteiger partial charge in [0.15, 0.2) is 0 Å². The number of phosphoric ester groups is 1. The fourth-order valence-corrected chi connectivity index (χ4v) is 4.63. The van der Waals surface area contributed by atoms with Crippen molar-refractivity contribution in [3.05, 3.63) is 0 Å². The van der Waals surface area contributed by atoms with E-state index in [0.29, 0.717) is 13.1 Å². The molecular formula is C26H56NO5P. The summed E-state index contributed by atoms with van der Waals surface area (Å²) in [5, 5.41) is 10.5. The Bertz CT molecular complexity index is 446. The average molecular weight is 494 g/mol. The summed E-state index contributed by atoms with van der Waals surface area (Å²) in [6.45, 7) is 6.31. The lowest BCUT2D eigenvalue weighted by Gasteiger charge is -2.25. The molecule has 200 valence electrons. The Balaban J connectivity index is 4.00. The predicted molar refractivity (Wildman–Crippen MR) is 140 cm³/mol. The van der Waals surface area contributed by atoms with E-state index in [-0.39, 0.29) is 12.7 Å². The first-order valence-corrected chi connectivity index (χ1v) is 15.5. The molecule has 0 rings (SSSR count). The van der Waals surface area contributed by atoms with Gasteiger partial charge in [0.05, 0.1) is 12.7 Å². The molecule has 0 aromatic carbocycles. The zero-order chi connectivity index (χ0) is 24.6. The van der Waals surface area contributed by atoms with E-state index >= 15 is 0 Å². The molecule has 3 N–H and O–H groups in total. The fourth-order valence-electron chi connectivity index (χ4n) is 4.31. The van der Waals surface area contributed by atoms with Gasteiger partial charge in [-0.3, -0.25) is 9.42 Å². The minimum atomic E-state index is -4.44. The SMILES string of the molecule is CCCCCCCCCCCCN(CCOP(=O)(O)O)CC(O)CCCCCCCCCC. The number of phosphoric acid groups is 1. The number of hydrogen-bond acceptors (Lipinski definition) is 4. The maximum atomic E-state index is 11.0. The van der Waals surface area contributed by atoms with Gasteiger partial charge >= 0.3 is 7.82 Å². The maximum absolute atomic E-state index is 11.0. The third kappa shape index (κ3) is 26.5. The van der Waals surface area contributed by atoms with Crippen LogP contribution in [-0.4, -0.2) is 52.1 Å². The molecule has 7 heteroatoms. The van der Waals surface area contributed by atoms with E-state index in [2.05, 4.69) is 23.3 Å². The van der Waals surface area contributed by atoms with Gasteiger partial charge in [-0.1, -0.05) is 123 Å². The van der Waals surface area contributed by atoms with Crippen molar-refractivity contribution >= 4 is 7.82 Å². The third-order valence-corrected chi connectivity index (χ3v) is 6.87. The van der Waals surface area contributed by atoms with Crippen molar-refractivity contribution in [1.82, 2.24) is 4.90 Å². The Labute approximate surface area is 205 Å². The fraction of sp³-hybridized carbons (Fsp3) is 1.00. The summed E-state index contributed by atoms with van der Waals surface area (Å²) in [4.78, 5) is 20.0. The van der Waals surface area contributed by atoms with Crippen molar-refractivity contribution in [3.8, 4) is 0 Å². The van der Waals surface area contributed by atoms with Gasteiger partial charge in [-0.15, -0.1) is 0 Å². The van der Waals surface area contributed by atoms with Gasteiger partial charge in [0.25, 0.3) is 0 Å².